The number of hydrogen-bond acceptors (Lipinski definition) is 2. The molecule has 0 bridgehead atoms. The molecule has 2 saturated heterocycles. The Morgan fingerprint density at radius 3 is 2.68 bits per heavy atom. The van der Waals surface area contributed by atoms with E-state index in [1.54, 1.807) is 7.11 Å². The Kier molecular flexibility index (Phi) is 6.96. The number of amides is 1. The van der Waals surface area contributed by atoms with Crippen molar-refractivity contribution < 1.29 is 23.6 Å². The Balaban J connectivity index is 1.33. The van der Waals surface area contributed by atoms with Crippen LogP contribution in [0.3, 0.4) is 0 Å². The second-order valence-corrected chi connectivity index (χ2v) is 12.2. The van der Waals surface area contributed by atoms with E-state index in [9.17, 15) is 13.6 Å². The quantitative estimate of drug-likeness (QED) is 0.609. The number of ether oxygens (including phenoxy) is 1. The van der Waals surface area contributed by atoms with Crippen LogP contribution in [0.2, 0.25) is 0 Å². The summed E-state index contributed by atoms with van der Waals surface area (Å²) >= 11 is 0. The molecular weight excluding hydrogens is 482 g/mol. The molecule has 5 atom stereocenters. The fourth-order valence-corrected chi connectivity index (χ4v) is 8.47. The van der Waals surface area contributed by atoms with Crippen molar-refractivity contribution in [3.05, 3.63) is 65.2 Å². The highest BCUT2D eigenvalue weighted by atomic mass is 19.3. The number of quaternary nitrogens is 1. The lowest BCUT2D eigenvalue weighted by Gasteiger charge is -2.48. The molecule has 0 radical (unpaired) electrons. The highest BCUT2D eigenvalue weighted by Gasteiger charge is 2.56. The van der Waals surface area contributed by atoms with Crippen LogP contribution in [0.5, 0.6) is 5.75 Å². The monoisotopic (exact) mass is 523 g/mol. The molecule has 1 amide bonds. The minimum atomic E-state index is -2.63. The smallest absolute Gasteiger partial charge is 0.248 e. The standard InChI is InChI=1S/C32H40F2N2O2/c1-38-29-13-5-12-26-25(29)11-7-15-31(26)21-35-20-27(31)30(37)36-17-14-23(22-8-3-2-4-9-22)18-28(36)24-10-6-16-32(33,34)19-24/h2-5,8-9,12-13,23-24,27-28,35H,6-7,10-11,14-21H2,1H3/p+1. The molecule has 1 saturated carbocycles. The average molecular weight is 524 g/mol. The van der Waals surface area contributed by atoms with Gasteiger partial charge in [0, 0.05) is 25.4 Å². The van der Waals surface area contributed by atoms with E-state index in [-0.39, 0.29) is 42.0 Å². The molecule has 6 rings (SSSR count). The van der Waals surface area contributed by atoms with Gasteiger partial charge in [-0.15, -0.1) is 0 Å². The topological polar surface area (TPSA) is 46.1 Å². The average Bonchev–Trinajstić information content (AvgIpc) is 3.36. The molecular formula is C32H41F2N2O2+. The normalized spacial score (nSPS) is 32.7. The van der Waals surface area contributed by atoms with Gasteiger partial charge in [0.1, 0.15) is 11.7 Å². The first-order chi connectivity index (χ1) is 18.4. The van der Waals surface area contributed by atoms with E-state index in [1.165, 1.54) is 16.7 Å². The summed E-state index contributed by atoms with van der Waals surface area (Å²) < 4.78 is 35.0. The Morgan fingerprint density at radius 1 is 1.05 bits per heavy atom. The Labute approximate surface area is 225 Å². The van der Waals surface area contributed by atoms with Crippen molar-refractivity contribution in [2.75, 3.05) is 26.7 Å². The fraction of sp³-hybridized carbons (Fsp3) is 0.594. The van der Waals surface area contributed by atoms with Crippen LogP contribution in [0.15, 0.2) is 48.5 Å². The number of hydrogen-bond donors (Lipinski definition) is 1. The van der Waals surface area contributed by atoms with E-state index in [2.05, 4.69) is 46.6 Å². The number of carbonyl (C=O) groups excluding carboxylic acids is 1. The highest BCUT2D eigenvalue weighted by molar-refractivity contribution is 5.82. The van der Waals surface area contributed by atoms with Gasteiger partial charge in [-0.2, -0.15) is 0 Å². The lowest BCUT2D eigenvalue weighted by molar-refractivity contribution is -0.640. The second-order valence-electron chi connectivity index (χ2n) is 12.2. The zero-order chi connectivity index (χ0) is 26.3. The highest BCUT2D eigenvalue weighted by Crippen LogP contribution is 2.49. The molecule has 2 aromatic rings. The van der Waals surface area contributed by atoms with Gasteiger partial charge in [0.2, 0.25) is 11.8 Å². The summed E-state index contributed by atoms with van der Waals surface area (Å²) in [6.07, 6.45) is 5.90. The molecule has 5 unspecified atom stereocenters. The largest absolute Gasteiger partial charge is 0.496 e. The predicted octanol–water partition coefficient (Wildman–Crippen LogP) is 5.06. The zero-order valence-electron chi connectivity index (χ0n) is 22.5. The van der Waals surface area contributed by atoms with Gasteiger partial charge in [-0.3, -0.25) is 4.79 Å². The second kappa shape index (κ2) is 10.3. The lowest BCUT2D eigenvalue weighted by atomic mass is 9.63. The molecule has 2 heterocycles. The third-order valence-corrected chi connectivity index (χ3v) is 10.2. The Morgan fingerprint density at radius 2 is 1.89 bits per heavy atom. The maximum absolute atomic E-state index is 14.7. The number of fused-ring (bicyclic) bond motifs is 2. The number of halogens is 2. The van der Waals surface area contributed by atoms with E-state index >= 15 is 0 Å². The number of piperidine rings is 1. The molecule has 3 fully saturated rings. The fourth-order valence-electron chi connectivity index (χ4n) is 8.47. The van der Waals surface area contributed by atoms with Gasteiger partial charge in [0.05, 0.1) is 25.6 Å². The molecule has 1 spiro atoms. The van der Waals surface area contributed by atoms with Crippen molar-refractivity contribution in [3.8, 4) is 5.75 Å². The Bertz CT molecular complexity index is 1160. The van der Waals surface area contributed by atoms with Crippen LogP contribution in [0, 0.1) is 11.8 Å². The number of carbonyl (C=O) groups is 1. The summed E-state index contributed by atoms with van der Waals surface area (Å²) in [7, 11) is 1.72. The summed E-state index contributed by atoms with van der Waals surface area (Å²) in [5.74, 6) is -1.48. The molecule has 204 valence electrons. The molecule has 2 aliphatic carbocycles. The molecule has 2 aliphatic heterocycles. The first-order valence-corrected chi connectivity index (χ1v) is 14.6. The number of benzene rings is 2. The first-order valence-electron chi connectivity index (χ1n) is 14.6. The number of likely N-dealkylation sites (tertiary alicyclic amines) is 1. The van der Waals surface area contributed by atoms with Gasteiger partial charge >= 0.3 is 0 Å². The van der Waals surface area contributed by atoms with Crippen LogP contribution in [-0.4, -0.2) is 49.5 Å². The van der Waals surface area contributed by atoms with Gasteiger partial charge in [-0.05, 0) is 79.5 Å². The third-order valence-electron chi connectivity index (χ3n) is 10.2. The van der Waals surface area contributed by atoms with Gasteiger partial charge < -0.3 is 15.0 Å². The van der Waals surface area contributed by atoms with Crippen molar-refractivity contribution in [1.29, 1.82) is 0 Å². The van der Waals surface area contributed by atoms with Gasteiger partial charge in [0.25, 0.3) is 0 Å². The molecule has 38 heavy (non-hydrogen) atoms. The van der Waals surface area contributed by atoms with Gasteiger partial charge in [-0.25, -0.2) is 8.78 Å². The van der Waals surface area contributed by atoms with Gasteiger partial charge in [0.15, 0.2) is 0 Å². The number of rotatable bonds is 4. The van der Waals surface area contributed by atoms with E-state index in [4.69, 9.17) is 4.74 Å². The summed E-state index contributed by atoms with van der Waals surface area (Å²) in [6, 6.07) is 16.6. The van der Waals surface area contributed by atoms with Crippen LogP contribution in [0.4, 0.5) is 8.78 Å². The number of nitrogens with zero attached hydrogens (tertiary/aromatic N) is 1. The molecule has 0 aromatic heterocycles. The SMILES string of the molecule is COc1cccc2c1CCCC21C[NH2+]CC1C(=O)N1CCC(c2ccccc2)CC1C1CCCC(F)(F)C1. The van der Waals surface area contributed by atoms with Crippen molar-refractivity contribution in [3.63, 3.8) is 0 Å². The van der Waals surface area contributed by atoms with Gasteiger partial charge in [-0.1, -0.05) is 42.5 Å². The summed E-state index contributed by atoms with van der Waals surface area (Å²) in [6.45, 7) is 2.32. The summed E-state index contributed by atoms with van der Waals surface area (Å²) in [4.78, 5) is 16.7. The first kappa shape index (κ1) is 25.8. The number of nitrogens with two attached hydrogens (primary N) is 1. The molecule has 4 aliphatic rings. The van der Waals surface area contributed by atoms with E-state index < -0.39 is 5.92 Å². The molecule has 4 nitrogen and oxygen atoms in total. The minimum absolute atomic E-state index is 0.0222. The summed E-state index contributed by atoms with van der Waals surface area (Å²) in [5, 5.41) is 2.30. The van der Waals surface area contributed by atoms with Crippen molar-refractivity contribution in [2.45, 2.75) is 81.1 Å². The minimum Gasteiger partial charge on any atom is -0.496 e. The van der Waals surface area contributed by atoms with Crippen LogP contribution in [-0.2, 0) is 16.6 Å². The van der Waals surface area contributed by atoms with Crippen molar-refractivity contribution in [1.82, 2.24) is 4.90 Å². The number of alkyl halides is 2. The maximum Gasteiger partial charge on any atom is 0.248 e. The molecule has 2 aromatic carbocycles. The van der Waals surface area contributed by atoms with E-state index in [0.29, 0.717) is 18.9 Å². The molecule has 2 N–H and O–H groups in total. The van der Waals surface area contributed by atoms with Crippen molar-refractivity contribution in [2.24, 2.45) is 11.8 Å². The Hall–Kier alpha value is -2.47. The van der Waals surface area contributed by atoms with E-state index in [1.807, 2.05) is 12.1 Å². The number of methoxy groups -OCH3 is 1. The lowest BCUT2D eigenvalue weighted by Crippen LogP contribution is -2.82. The molecule has 6 heteroatoms. The van der Waals surface area contributed by atoms with Crippen LogP contribution >= 0.6 is 0 Å². The predicted molar refractivity (Wildman–Crippen MR) is 144 cm³/mol. The maximum atomic E-state index is 14.7. The zero-order valence-corrected chi connectivity index (χ0v) is 22.5. The van der Waals surface area contributed by atoms with Crippen LogP contribution < -0.4 is 10.1 Å². The van der Waals surface area contributed by atoms with E-state index in [0.717, 1.165) is 57.4 Å². The van der Waals surface area contributed by atoms with Crippen LogP contribution in [0.1, 0.15) is 74.0 Å². The third kappa shape index (κ3) is 4.53. The van der Waals surface area contributed by atoms with Crippen molar-refractivity contribution >= 4 is 5.91 Å². The summed E-state index contributed by atoms with van der Waals surface area (Å²) in [5.41, 5.74) is 3.58. The van der Waals surface area contributed by atoms with Crippen LogP contribution in [0.25, 0.3) is 0 Å².